The highest BCUT2D eigenvalue weighted by atomic mass is 16.6. The number of carbonyl (C=O) groups excluding carboxylic acids is 3. The number of alkyl carbamates (subject to hydrolysis) is 1. The summed E-state index contributed by atoms with van der Waals surface area (Å²) in [7, 11) is 0. The normalized spacial score (nSPS) is 12.6. The maximum Gasteiger partial charge on any atom is 0.408 e. The monoisotopic (exact) mass is 681 g/mol. The van der Waals surface area contributed by atoms with Gasteiger partial charge in [0.25, 0.3) is 5.91 Å². The summed E-state index contributed by atoms with van der Waals surface area (Å²) in [5, 5.41) is 28.1. The molecule has 0 radical (unpaired) electrons. The first-order valence-corrected chi connectivity index (χ1v) is 17.5. The predicted molar refractivity (Wildman–Crippen MR) is 198 cm³/mol. The second-order valence-electron chi connectivity index (χ2n) is 13.9. The topological polar surface area (TPSA) is 128 Å². The fourth-order valence-corrected chi connectivity index (χ4v) is 5.95. The number of ether oxygens (including phenoxy) is 1. The van der Waals surface area contributed by atoms with Crippen LogP contribution in [0.25, 0.3) is 10.8 Å². The van der Waals surface area contributed by atoms with Crippen LogP contribution >= 0.6 is 0 Å². The molecule has 0 saturated carbocycles. The third-order valence-corrected chi connectivity index (χ3v) is 8.51. The summed E-state index contributed by atoms with van der Waals surface area (Å²) in [6.07, 6.45) is 5.15. The van der Waals surface area contributed by atoms with Gasteiger partial charge in [-0.3, -0.25) is 9.59 Å². The number of hydrogen-bond acceptors (Lipinski definition) is 6. The molecule has 0 aliphatic heterocycles. The van der Waals surface area contributed by atoms with Gasteiger partial charge in [-0.25, -0.2) is 4.79 Å². The SMILES string of the molecule is CCCCCCCCN(C(=O)C(Cc1ccc(O)cc1)NC(=O)OC(C)(C)C)C(C(=O)Nc1ccc2ccccc2c1)c1ccc(O)c(C)c1. The number of nitrogens with zero attached hydrogens (tertiary/aromatic N) is 1. The van der Waals surface area contributed by atoms with E-state index in [1.165, 1.54) is 18.2 Å². The number of nitrogens with one attached hydrogen (secondary N) is 2. The van der Waals surface area contributed by atoms with E-state index >= 15 is 0 Å². The van der Waals surface area contributed by atoms with Crippen LogP contribution < -0.4 is 10.6 Å². The minimum atomic E-state index is -1.09. The van der Waals surface area contributed by atoms with Gasteiger partial charge >= 0.3 is 6.09 Å². The largest absolute Gasteiger partial charge is 0.508 e. The van der Waals surface area contributed by atoms with Gasteiger partial charge in [0, 0.05) is 18.7 Å². The smallest absolute Gasteiger partial charge is 0.408 e. The Morgan fingerprint density at radius 1 is 0.820 bits per heavy atom. The Bertz CT molecular complexity index is 1750. The molecule has 9 heteroatoms. The van der Waals surface area contributed by atoms with E-state index in [1.807, 2.05) is 42.5 Å². The number of hydrogen-bond donors (Lipinski definition) is 4. The highest BCUT2D eigenvalue weighted by Crippen LogP contribution is 2.30. The fraction of sp³-hybridized carbons (Fsp3) is 0.390. The van der Waals surface area contributed by atoms with Crippen molar-refractivity contribution in [2.45, 2.75) is 97.2 Å². The molecule has 4 N–H and O–H groups in total. The van der Waals surface area contributed by atoms with Crippen molar-refractivity contribution in [1.82, 2.24) is 10.2 Å². The highest BCUT2D eigenvalue weighted by Gasteiger charge is 2.36. The summed E-state index contributed by atoms with van der Waals surface area (Å²) >= 11 is 0. The number of benzene rings is 4. The van der Waals surface area contributed by atoms with Crippen LogP contribution in [-0.2, 0) is 20.7 Å². The van der Waals surface area contributed by atoms with E-state index in [2.05, 4.69) is 17.6 Å². The number of rotatable bonds is 15. The lowest BCUT2D eigenvalue weighted by Gasteiger charge is -2.35. The standard InChI is InChI=1S/C41H51N3O6/c1-6-7-8-9-10-13-24-44(39(48)35(43-40(49)50-41(3,4)5)26-29-16-21-34(45)22-17-29)37(32-19-23-36(46)28(2)25-32)38(47)42-33-20-18-30-14-11-12-15-31(30)27-33/h11-12,14-23,25,27,35,37,45-46H,6-10,13,24,26H2,1-5H3,(H,42,47)(H,43,49). The molecule has 4 aromatic carbocycles. The predicted octanol–water partition coefficient (Wildman–Crippen LogP) is 8.56. The van der Waals surface area contributed by atoms with E-state index in [0.29, 0.717) is 28.8 Å². The summed E-state index contributed by atoms with van der Waals surface area (Å²) < 4.78 is 5.56. The minimum absolute atomic E-state index is 0.0769. The molecule has 0 fully saturated rings. The van der Waals surface area contributed by atoms with Gasteiger partial charge < -0.3 is 30.5 Å². The molecule has 0 bridgehead atoms. The molecule has 2 unspecified atom stereocenters. The van der Waals surface area contributed by atoms with Crippen LogP contribution in [0.1, 0.15) is 89.0 Å². The quantitative estimate of drug-likeness (QED) is 0.0931. The van der Waals surface area contributed by atoms with Crippen LogP contribution in [0.4, 0.5) is 10.5 Å². The Kier molecular flexibility index (Phi) is 13.3. The average molecular weight is 682 g/mol. The number of amides is 3. The zero-order chi connectivity index (χ0) is 36.3. The summed E-state index contributed by atoms with van der Waals surface area (Å²) in [5.41, 5.74) is 1.56. The maximum atomic E-state index is 14.9. The van der Waals surface area contributed by atoms with Crippen LogP contribution in [0.2, 0.25) is 0 Å². The van der Waals surface area contributed by atoms with Crippen molar-refractivity contribution in [2.75, 3.05) is 11.9 Å². The molecular formula is C41H51N3O6. The molecule has 0 heterocycles. The Morgan fingerprint density at radius 2 is 1.50 bits per heavy atom. The number of fused-ring (bicyclic) bond motifs is 1. The Balaban J connectivity index is 1.76. The molecule has 9 nitrogen and oxygen atoms in total. The van der Waals surface area contributed by atoms with Crippen LogP contribution in [0.5, 0.6) is 11.5 Å². The number of anilines is 1. The molecule has 4 aromatic rings. The zero-order valence-corrected chi connectivity index (χ0v) is 29.9. The Labute approximate surface area is 295 Å². The Hall–Kier alpha value is -5.05. The average Bonchev–Trinajstić information content (AvgIpc) is 3.06. The van der Waals surface area contributed by atoms with Gasteiger partial charge in [-0.15, -0.1) is 0 Å². The molecule has 0 aliphatic carbocycles. The maximum absolute atomic E-state index is 14.9. The van der Waals surface area contributed by atoms with Gasteiger partial charge in [0.15, 0.2) is 0 Å². The Morgan fingerprint density at radius 3 is 2.18 bits per heavy atom. The molecule has 2 atom stereocenters. The van der Waals surface area contributed by atoms with Crippen molar-refractivity contribution in [1.29, 1.82) is 0 Å². The first-order chi connectivity index (χ1) is 23.8. The number of phenolic OH excluding ortho intramolecular Hbond substituents is 2. The van der Waals surface area contributed by atoms with E-state index in [4.69, 9.17) is 4.74 Å². The first kappa shape index (κ1) is 37.8. The molecule has 0 aliphatic rings. The first-order valence-electron chi connectivity index (χ1n) is 17.5. The van der Waals surface area contributed by atoms with E-state index < -0.39 is 35.6 Å². The van der Waals surface area contributed by atoms with Crippen molar-refractivity contribution in [3.8, 4) is 11.5 Å². The molecule has 266 valence electrons. The third kappa shape index (κ3) is 11.0. The van der Waals surface area contributed by atoms with Crippen LogP contribution in [0.3, 0.4) is 0 Å². The second kappa shape index (κ2) is 17.6. The third-order valence-electron chi connectivity index (χ3n) is 8.51. The minimum Gasteiger partial charge on any atom is -0.508 e. The van der Waals surface area contributed by atoms with Gasteiger partial charge in [-0.1, -0.05) is 87.6 Å². The molecule has 0 aromatic heterocycles. The molecule has 3 amide bonds. The molecule has 4 rings (SSSR count). The zero-order valence-electron chi connectivity index (χ0n) is 29.9. The van der Waals surface area contributed by atoms with Crippen molar-refractivity contribution in [2.24, 2.45) is 0 Å². The summed E-state index contributed by atoms with van der Waals surface area (Å²) in [6.45, 7) is 9.39. The van der Waals surface area contributed by atoms with Crippen LogP contribution in [0, 0.1) is 6.92 Å². The number of aromatic hydroxyl groups is 2. The number of phenols is 2. The number of carbonyl (C=O) groups is 3. The lowest BCUT2D eigenvalue weighted by molar-refractivity contribution is -0.140. The lowest BCUT2D eigenvalue weighted by atomic mass is 9.98. The van der Waals surface area contributed by atoms with Gasteiger partial charge in [-0.05, 0) is 98.0 Å². The molecule has 50 heavy (non-hydrogen) atoms. The lowest BCUT2D eigenvalue weighted by Crippen LogP contribution is -2.53. The molecular weight excluding hydrogens is 630 g/mol. The second-order valence-corrected chi connectivity index (χ2v) is 13.9. The summed E-state index contributed by atoms with van der Waals surface area (Å²) in [5.74, 6) is -0.727. The van der Waals surface area contributed by atoms with Crippen molar-refractivity contribution < 1.29 is 29.3 Å². The van der Waals surface area contributed by atoms with E-state index in [9.17, 15) is 24.6 Å². The van der Waals surface area contributed by atoms with E-state index in [1.54, 1.807) is 56.9 Å². The van der Waals surface area contributed by atoms with Crippen LogP contribution in [-0.4, -0.2) is 51.2 Å². The molecule has 0 spiro atoms. The van der Waals surface area contributed by atoms with E-state index in [-0.39, 0.29) is 24.5 Å². The summed E-state index contributed by atoms with van der Waals surface area (Å²) in [6, 6.07) is 22.7. The highest BCUT2D eigenvalue weighted by molar-refractivity contribution is 6.00. The van der Waals surface area contributed by atoms with Crippen LogP contribution in [0.15, 0.2) is 84.9 Å². The molecule has 0 saturated heterocycles. The fourth-order valence-electron chi connectivity index (χ4n) is 5.95. The number of unbranched alkanes of at least 4 members (excludes halogenated alkanes) is 5. The van der Waals surface area contributed by atoms with Gasteiger partial charge in [-0.2, -0.15) is 0 Å². The van der Waals surface area contributed by atoms with Gasteiger partial charge in [0.05, 0.1) is 0 Å². The van der Waals surface area contributed by atoms with Crippen molar-refractivity contribution in [3.05, 3.63) is 102 Å². The summed E-state index contributed by atoms with van der Waals surface area (Å²) in [4.78, 5) is 44.0. The van der Waals surface area contributed by atoms with Crippen molar-refractivity contribution in [3.63, 3.8) is 0 Å². The van der Waals surface area contributed by atoms with Crippen molar-refractivity contribution >= 4 is 34.4 Å². The van der Waals surface area contributed by atoms with E-state index in [0.717, 1.165) is 42.9 Å². The number of aryl methyl sites for hydroxylation is 1. The van der Waals surface area contributed by atoms with Gasteiger partial charge in [0.1, 0.15) is 29.2 Å². The van der Waals surface area contributed by atoms with Gasteiger partial charge in [0.2, 0.25) is 5.91 Å².